The van der Waals surface area contributed by atoms with Gasteiger partial charge in [0.1, 0.15) is 5.75 Å². The van der Waals surface area contributed by atoms with E-state index < -0.39 is 0 Å². The maximum atomic E-state index is 12.4. The summed E-state index contributed by atoms with van der Waals surface area (Å²) in [6.45, 7) is 6.14. The van der Waals surface area contributed by atoms with Gasteiger partial charge in [0, 0.05) is 24.0 Å². The summed E-state index contributed by atoms with van der Waals surface area (Å²) in [4.78, 5) is 14.3. The van der Waals surface area contributed by atoms with Crippen molar-refractivity contribution in [3.05, 3.63) is 29.8 Å². The fraction of sp³-hybridized carbons (Fsp3) is 0.533. The molecule has 2 unspecified atom stereocenters. The van der Waals surface area contributed by atoms with Gasteiger partial charge in [-0.3, -0.25) is 4.79 Å². The number of rotatable bonds is 3. The zero-order valence-electron chi connectivity index (χ0n) is 11.4. The highest BCUT2D eigenvalue weighted by Gasteiger charge is 2.27. The van der Waals surface area contributed by atoms with Crippen molar-refractivity contribution in [1.82, 2.24) is 4.90 Å². The Morgan fingerprint density at radius 2 is 2.11 bits per heavy atom. The van der Waals surface area contributed by atoms with E-state index in [0.717, 1.165) is 25.3 Å². The molecular weight excluding hydrogens is 262 g/mol. The second-order valence-electron chi connectivity index (χ2n) is 4.99. The monoisotopic (exact) mass is 281 g/mol. The van der Waals surface area contributed by atoms with Crippen molar-refractivity contribution in [2.45, 2.75) is 25.6 Å². The normalized spacial score (nSPS) is 23.2. The Balaban J connectivity index is 2.03. The number of halogens is 1. The molecule has 1 aromatic carbocycles. The van der Waals surface area contributed by atoms with Crippen LogP contribution >= 0.6 is 11.6 Å². The maximum Gasteiger partial charge on any atom is 0.253 e. The number of hydrogen-bond donors (Lipinski definition) is 0. The zero-order valence-corrected chi connectivity index (χ0v) is 12.2. The van der Waals surface area contributed by atoms with Gasteiger partial charge in [0.15, 0.2) is 0 Å². The Labute approximate surface area is 119 Å². The third-order valence-electron chi connectivity index (χ3n) is 3.50. The molecule has 1 aliphatic heterocycles. The molecule has 0 saturated carbocycles. The number of carbonyl (C=O) groups is 1. The summed E-state index contributed by atoms with van der Waals surface area (Å²) in [5.41, 5.74) is 0.712. The Hall–Kier alpha value is -1.22. The molecule has 1 amide bonds. The molecule has 4 heteroatoms. The van der Waals surface area contributed by atoms with Crippen LogP contribution in [0.25, 0.3) is 0 Å². The highest BCUT2D eigenvalue weighted by atomic mass is 35.5. The molecule has 3 nitrogen and oxygen atoms in total. The molecule has 1 saturated heterocycles. The minimum atomic E-state index is 0.0819. The lowest BCUT2D eigenvalue weighted by Gasteiger charge is -2.34. The second-order valence-corrected chi connectivity index (χ2v) is 5.55. The number of hydrogen-bond acceptors (Lipinski definition) is 2. The molecule has 104 valence electrons. The van der Waals surface area contributed by atoms with Crippen LogP contribution in [0, 0.1) is 5.92 Å². The molecule has 19 heavy (non-hydrogen) atoms. The predicted octanol–water partition coefficient (Wildman–Crippen LogP) is 3.17. The molecule has 0 spiro atoms. The topological polar surface area (TPSA) is 29.5 Å². The molecule has 2 atom stereocenters. The molecule has 2 rings (SSSR count). The van der Waals surface area contributed by atoms with Gasteiger partial charge in [-0.2, -0.15) is 0 Å². The summed E-state index contributed by atoms with van der Waals surface area (Å²) in [6, 6.07) is 7.33. The van der Waals surface area contributed by atoms with E-state index in [2.05, 4.69) is 6.92 Å². The summed E-state index contributed by atoms with van der Waals surface area (Å²) >= 11 is 6.18. The Morgan fingerprint density at radius 1 is 1.42 bits per heavy atom. The average molecular weight is 282 g/mol. The number of likely N-dealkylation sites (tertiary alicyclic amines) is 1. The van der Waals surface area contributed by atoms with Gasteiger partial charge >= 0.3 is 0 Å². The number of piperidine rings is 1. The van der Waals surface area contributed by atoms with E-state index in [1.54, 1.807) is 0 Å². The van der Waals surface area contributed by atoms with Gasteiger partial charge in [-0.1, -0.05) is 6.92 Å². The van der Waals surface area contributed by atoms with Gasteiger partial charge in [-0.15, -0.1) is 11.6 Å². The van der Waals surface area contributed by atoms with E-state index in [1.165, 1.54) is 0 Å². The van der Waals surface area contributed by atoms with Crippen molar-refractivity contribution in [3.8, 4) is 5.75 Å². The minimum Gasteiger partial charge on any atom is -0.494 e. The molecule has 0 N–H and O–H groups in total. The summed E-state index contributed by atoms with van der Waals surface area (Å²) in [6.07, 6.45) is 0.867. The van der Waals surface area contributed by atoms with Crippen molar-refractivity contribution < 1.29 is 9.53 Å². The standard InChI is InChI=1S/C15H20ClNO2/c1-3-19-13-6-4-12(5-7-13)15(18)17-9-8-14(16)11(2)10-17/h4-7,11,14H,3,8-10H2,1-2H3. The fourth-order valence-electron chi connectivity index (χ4n) is 2.34. The van der Waals surface area contributed by atoms with E-state index in [-0.39, 0.29) is 11.3 Å². The van der Waals surface area contributed by atoms with Gasteiger partial charge < -0.3 is 9.64 Å². The Kier molecular flexibility index (Phi) is 4.70. The minimum absolute atomic E-state index is 0.0819. The number of benzene rings is 1. The van der Waals surface area contributed by atoms with Crippen LogP contribution in [0.2, 0.25) is 0 Å². The van der Waals surface area contributed by atoms with Crippen LogP contribution in [0.15, 0.2) is 24.3 Å². The molecule has 1 fully saturated rings. The third kappa shape index (κ3) is 3.41. The highest BCUT2D eigenvalue weighted by molar-refractivity contribution is 6.20. The van der Waals surface area contributed by atoms with Crippen molar-refractivity contribution in [2.24, 2.45) is 5.92 Å². The zero-order chi connectivity index (χ0) is 13.8. The quantitative estimate of drug-likeness (QED) is 0.797. The van der Waals surface area contributed by atoms with Crippen LogP contribution in [0.1, 0.15) is 30.6 Å². The van der Waals surface area contributed by atoms with Gasteiger partial charge in [-0.25, -0.2) is 0 Å². The summed E-state index contributed by atoms with van der Waals surface area (Å²) < 4.78 is 5.37. The molecule has 0 bridgehead atoms. The van der Waals surface area contributed by atoms with Gasteiger partial charge in [0.25, 0.3) is 5.91 Å². The predicted molar refractivity (Wildman–Crippen MR) is 76.9 cm³/mol. The van der Waals surface area contributed by atoms with Crippen LogP contribution in [0.5, 0.6) is 5.75 Å². The Bertz CT molecular complexity index is 432. The smallest absolute Gasteiger partial charge is 0.253 e. The van der Waals surface area contributed by atoms with E-state index >= 15 is 0 Å². The number of amides is 1. The number of alkyl halides is 1. The van der Waals surface area contributed by atoms with E-state index in [0.29, 0.717) is 18.1 Å². The SMILES string of the molecule is CCOc1ccc(C(=O)N2CCC(Cl)C(C)C2)cc1. The van der Waals surface area contributed by atoms with E-state index in [1.807, 2.05) is 36.1 Å². The van der Waals surface area contributed by atoms with E-state index in [4.69, 9.17) is 16.3 Å². The summed E-state index contributed by atoms with van der Waals surface area (Å²) in [5.74, 6) is 1.23. The molecule has 1 aliphatic rings. The third-order valence-corrected chi connectivity index (χ3v) is 4.15. The average Bonchev–Trinajstić information content (AvgIpc) is 2.42. The van der Waals surface area contributed by atoms with Crippen LogP contribution < -0.4 is 4.74 Å². The lowest BCUT2D eigenvalue weighted by Crippen LogP contribution is -2.43. The molecule has 0 aliphatic carbocycles. The number of nitrogens with zero attached hydrogens (tertiary/aromatic N) is 1. The van der Waals surface area contributed by atoms with Crippen molar-refractivity contribution >= 4 is 17.5 Å². The fourth-order valence-corrected chi connectivity index (χ4v) is 2.52. The van der Waals surface area contributed by atoms with Crippen LogP contribution in [0.4, 0.5) is 0 Å². The van der Waals surface area contributed by atoms with Crippen molar-refractivity contribution in [1.29, 1.82) is 0 Å². The van der Waals surface area contributed by atoms with Crippen molar-refractivity contribution in [3.63, 3.8) is 0 Å². The first-order valence-electron chi connectivity index (χ1n) is 6.78. The van der Waals surface area contributed by atoms with Crippen LogP contribution in [0.3, 0.4) is 0 Å². The van der Waals surface area contributed by atoms with Crippen molar-refractivity contribution in [2.75, 3.05) is 19.7 Å². The maximum absolute atomic E-state index is 12.4. The first-order valence-corrected chi connectivity index (χ1v) is 7.21. The molecule has 1 aromatic rings. The molecule has 0 radical (unpaired) electrons. The van der Waals surface area contributed by atoms with E-state index in [9.17, 15) is 4.79 Å². The van der Waals surface area contributed by atoms with Gasteiger partial charge in [-0.05, 0) is 43.5 Å². The summed E-state index contributed by atoms with van der Waals surface area (Å²) in [5, 5.41) is 0.185. The van der Waals surface area contributed by atoms with Gasteiger partial charge in [0.2, 0.25) is 0 Å². The number of carbonyl (C=O) groups excluding carboxylic acids is 1. The highest BCUT2D eigenvalue weighted by Crippen LogP contribution is 2.23. The number of ether oxygens (including phenoxy) is 1. The molecule has 0 aromatic heterocycles. The Morgan fingerprint density at radius 3 is 2.68 bits per heavy atom. The lowest BCUT2D eigenvalue weighted by atomic mass is 9.99. The van der Waals surface area contributed by atoms with Gasteiger partial charge in [0.05, 0.1) is 6.61 Å². The first kappa shape index (κ1) is 14.2. The second kappa shape index (κ2) is 6.29. The molecular formula is C15H20ClNO2. The largest absolute Gasteiger partial charge is 0.494 e. The first-order chi connectivity index (χ1) is 9.11. The van der Waals surface area contributed by atoms with Crippen LogP contribution in [-0.4, -0.2) is 35.9 Å². The molecule has 1 heterocycles. The lowest BCUT2D eigenvalue weighted by molar-refractivity contribution is 0.0687. The summed E-state index contributed by atoms with van der Waals surface area (Å²) in [7, 11) is 0. The van der Waals surface area contributed by atoms with Crippen LogP contribution in [-0.2, 0) is 0 Å².